The summed E-state index contributed by atoms with van der Waals surface area (Å²) in [5.41, 5.74) is 1.17. The first-order valence-corrected chi connectivity index (χ1v) is 6.29. The number of fused-ring (bicyclic) bond motifs is 1. The lowest BCUT2D eigenvalue weighted by molar-refractivity contribution is -0.121. The zero-order valence-corrected chi connectivity index (χ0v) is 10.2. The van der Waals surface area contributed by atoms with E-state index in [1.54, 1.807) is 0 Å². The molecule has 1 aliphatic rings. The first kappa shape index (κ1) is 12.0. The molecular formula is C14H19NO2. The number of para-hydroxylation sites is 1. The van der Waals surface area contributed by atoms with Crippen molar-refractivity contribution in [3.8, 4) is 5.75 Å². The Hall–Kier alpha value is -1.51. The summed E-state index contributed by atoms with van der Waals surface area (Å²) >= 11 is 0. The van der Waals surface area contributed by atoms with Crippen LogP contribution in [0, 0.1) is 0 Å². The Morgan fingerprint density at radius 2 is 2.29 bits per heavy atom. The maximum atomic E-state index is 11.7. The Morgan fingerprint density at radius 1 is 1.47 bits per heavy atom. The summed E-state index contributed by atoms with van der Waals surface area (Å²) in [5, 5.41) is 2.93. The van der Waals surface area contributed by atoms with Crippen molar-refractivity contribution in [1.82, 2.24) is 5.32 Å². The molecule has 2 rings (SSSR count). The van der Waals surface area contributed by atoms with Crippen LogP contribution in [0.4, 0.5) is 0 Å². The lowest BCUT2D eigenvalue weighted by atomic mass is 9.90. The van der Waals surface area contributed by atoms with Gasteiger partial charge in [0.25, 0.3) is 0 Å². The van der Waals surface area contributed by atoms with Gasteiger partial charge in [-0.25, -0.2) is 0 Å². The van der Waals surface area contributed by atoms with Crippen molar-refractivity contribution >= 4 is 5.91 Å². The number of amides is 1. The largest absolute Gasteiger partial charge is 0.493 e. The predicted molar refractivity (Wildman–Crippen MR) is 67.2 cm³/mol. The fourth-order valence-electron chi connectivity index (χ4n) is 2.19. The van der Waals surface area contributed by atoms with E-state index < -0.39 is 0 Å². The topological polar surface area (TPSA) is 38.3 Å². The van der Waals surface area contributed by atoms with Crippen LogP contribution in [0.15, 0.2) is 24.3 Å². The third-order valence-electron chi connectivity index (χ3n) is 3.09. The van der Waals surface area contributed by atoms with Crippen LogP contribution in [0.3, 0.4) is 0 Å². The van der Waals surface area contributed by atoms with Gasteiger partial charge >= 0.3 is 0 Å². The highest BCUT2D eigenvalue weighted by Crippen LogP contribution is 2.35. The molecule has 3 heteroatoms. The molecule has 17 heavy (non-hydrogen) atoms. The smallest absolute Gasteiger partial charge is 0.220 e. The first-order chi connectivity index (χ1) is 8.31. The molecule has 1 heterocycles. The molecule has 0 fully saturated rings. The number of ether oxygens (including phenoxy) is 1. The van der Waals surface area contributed by atoms with Gasteiger partial charge in [-0.15, -0.1) is 0 Å². The number of carbonyl (C=O) groups is 1. The van der Waals surface area contributed by atoms with E-state index in [9.17, 15) is 4.79 Å². The summed E-state index contributed by atoms with van der Waals surface area (Å²) in [4.78, 5) is 11.7. The van der Waals surface area contributed by atoms with Crippen LogP contribution in [0.5, 0.6) is 5.75 Å². The van der Waals surface area contributed by atoms with Crippen molar-refractivity contribution in [3.05, 3.63) is 29.8 Å². The highest BCUT2D eigenvalue weighted by atomic mass is 16.5. The second-order valence-corrected chi connectivity index (χ2v) is 4.43. The van der Waals surface area contributed by atoms with E-state index >= 15 is 0 Å². The average Bonchev–Trinajstić information content (AvgIpc) is 2.37. The van der Waals surface area contributed by atoms with Crippen molar-refractivity contribution in [3.63, 3.8) is 0 Å². The number of hydrogen-bond donors (Lipinski definition) is 1. The van der Waals surface area contributed by atoms with E-state index in [0.717, 1.165) is 25.1 Å². The van der Waals surface area contributed by atoms with Crippen LogP contribution in [0.1, 0.15) is 37.7 Å². The summed E-state index contributed by atoms with van der Waals surface area (Å²) in [6, 6.07) is 8.01. The van der Waals surface area contributed by atoms with Crippen molar-refractivity contribution in [2.45, 2.75) is 32.1 Å². The van der Waals surface area contributed by atoms with Gasteiger partial charge in [-0.2, -0.15) is 0 Å². The van der Waals surface area contributed by atoms with E-state index in [1.165, 1.54) is 5.56 Å². The summed E-state index contributed by atoms with van der Waals surface area (Å²) < 4.78 is 5.58. The molecule has 92 valence electrons. The molecule has 0 bridgehead atoms. The summed E-state index contributed by atoms with van der Waals surface area (Å²) in [6.07, 6.45) is 2.48. The van der Waals surface area contributed by atoms with E-state index in [4.69, 9.17) is 4.74 Å². The van der Waals surface area contributed by atoms with Gasteiger partial charge in [-0.05, 0) is 30.4 Å². The molecule has 1 N–H and O–H groups in total. The fraction of sp³-hybridized carbons (Fsp3) is 0.500. The molecule has 0 aromatic heterocycles. The molecule has 1 unspecified atom stereocenters. The normalized spacial score (nSPS) is 18.1. The Labute approximate surface area is 102 Å². The second-order valence-electron chi connectivity index (χ2n) is 4.43. The molecule has 1 aliphatic heterocycles. The highest BCUT2D eigenvalue weighted by molar-refractivity contribution is 5.77. The van der Waals surface area contributed by atoms with Gasteiger partial charge in [0.15, 0.2) is 0 Å². The first-order valence-electron chi connectivity index (χ1n) is 6.29. The maximum Gasteiger partial charge on any atom is 0.220 e. The molecule has 0 saturated carbocycles. The van der Waals surface area contributed by atoms with Crippen molar-refractivity contribution in [1.29, 1.82) is 0 Å². The van der Waals surface area contributed by atoms with Gasteiger partial charge in [0.1, 0.15) is 5.75 Å². The van der Waals surface area contributed by atoms with Crippen LogP contribution in [0.25, 0.3) is 0 Å². The Kier molecular flexibility index (Phi) is 4.02. The Balaban J connectivity index is 2.01. The molecular weight excluding hydrogens is 214 g/mol. The van der Waals surface area contributed by atoms with Crippen LogP contribution in [-0.4, -0.2) is 19.1 Å². The van der Waals surface area contributed by atoms with Gasteiger partial charge in [0.2, 0.25) is 5.91 Å². The molecule has 0 aliphatic carbocycles. The zero-order chi connectivity index (χ0) is 12.1. The van der Waals surface area contributed by atoms with Crippen molar-refractivity contribution < 1.29 is 9.53 Å². The van der Waals surface area contributed by atoms with E-state index in [-0.39, 0.29) is 5.91 Å². The summed E-state index contributed by atoms with van der Waals surface area (Å²) in [5.74, 6) is 1.39. The van der Waals surface area contributed by atoms with Gasteiger partial charge in [-0.3, -0.25) is 4.79 Å². The Morgan fingerprint density at radius 3 is 3.12 bits per heavy atom. The minimum absolute atomic E-state index is 0.147. The van der Waals surface area contributed by atoms with Crippen LogP contribution in [0.2, 0.25) is 0 Å². The number of nitrogens with one attached hydrogen (secondary N) is 1. The molecule has 0 saturated heterocycles. The molecule has 1 amide bonds. The van der Waals surface area contributed by atoms with Gasteiger partial charge < -0.3 is 10.1 Å². The summed E-state index contributed by atoms with van der Waals surface area (Å²) in [6.45, 7) is 3.54. The van der Waals surface area contributed by atoms with Gasteiger partial charge in [0.05, 0.1) is 6.61 Å². The molecule has 1 atom stereocenters. The molecule has 0 radical (unpaired) electrons. The third kappa shape index (κ3) is 2.99. The van der Waals surface area contributed by atoms with Crippen molar-refractivity contribution in [2.75, 3.05) is 13.2 Å². The van der Waals surface area contributed by atoms with E-state index in [0.29, 0.717) is 18.9 Å². The lowest BCUT2D eigenvalue weighted by Gasteiger charge is -2.25. The lowest BCUT2D eigenvalue weighted by Crippen LogP contribution is -2.27. The average molecular weight is 233 g/mol. The third-order valence-corrected chi connectivity index (χ3v) is 3.09. The molecule has 1 aromatic carbocycles. The number of carbonyl (C=O) groups excluding carboxylic acids is 1. The number of rotatable bonds is 4. The predicted octanol–water partition coefficient (Wildman–Crippen LogP) is 2.47. The standard InChI is InChI=1S/C14H19NO2/c1-2-8-15-14(16)10-11-7-9-17-13-6-4-3-5-12(11)13/h3-6,11H,2,7-10H2,1H3,(H,15,16). The van der Waals surface area contributed by atoms with Crippen LogP contribution < -0.4 is 10.1 Å². The van der Waals surface area contributed by atoms with E-state index in [1.807, 2.05) is 18.2 Å². The Bertz CT molecular complexity index is 390. The fourth-order valence-corrected chi connectivity index (χ4v) is 2.19. The number of benzene rings is 1. The van der Waals surface area contributed by atoms with Crippen molar-refractivity contribution in [2.24, 2.45) is 0 Å². The maximum absolute atomic E-state index is 11.7. The monoisotopic (exact) mass is 233 g/mol. The number of hydrogen-bond acceptors (Lipinski definition) is 2. The van der Waals surface area contributed by atoms with Gasteiger partial charge in [0, 0.05) is 13.0 Å². The van der Waals surface area contributed by atoms with Gasteiger partial charge in [-0.1, -0.05) is 25.1 Å². The SMILES string of the molecule is CCCNC(=O)CC1CCOc2ccccc21. The zero-order valence-electron chi connectivity index (χ0n) is 10.2. The second kappa shape index (κ2) is 5.71. The van der Waals surface area contributed by atoms with Crippen LogP contribution >= 0.6 is 0 Å². The minimum atomic E-state index is 0.147. The van der Waals surface area contributed by atoms with E-state index in [2.05, 4.69) is 18.3 Å². The highest BCUT2D eigenvalue weighted by Gasteiger charge is 2.23. The summed E-state index contributed by atoms with van der Waals surface area (Å²) in [7, 11) is 0. The quantitative estimate of drug-likeness (QED) is 0.867. The molecule has 0 spiro atoms. The molecule has 1 aromatic rings. The van der Waals surface area contributed by atoms with Crippen LogP contribution in [-0.2, 0) is 4.79 Å². The molecule has 3 nitrogen and oxygen atoms in total. The minimum Gasteiger partial charge on any atom is -0.493 e.